The summed E-state index contributed by atoms with van der Waals surface area (Å²) in [7, 11) is 1.33. The smallest absolute Gasteiger partial charge is 0.305 e. The van der Waals surface area contributed by atoms with Crippen LogP contribution in [0.2, 0.25) is 0 Å². The van der Waals surface area contributed by atoms with Gasteiger partial charge in [0.25, 0.3) is 0 Å². The highest BCUT2D eigenvalue weighted by atomic mass is 16.5. The van der Waals surface area contributed by atoms with Gasteiger partial charge in [0, 0.05) is 19.5 Å². The Kier molecular flexibility index (Phi) is 5.78. The molecule has 8 heteroatoms. The van der Waals surface area contributed by atoms with E-state index in [9.17, 15) is 9.59 Å². The number of hydrogen-bond acceptors (Lipinski definition) is 6. The average molecular weight is 255 g/mol. The van der Waals surface area contributed by atoms with E-state index in [1.807, 2.05) is 0 Å². The van der Waals surface area contributed by atoms with Gasteiger partial charge in [-0.25, -0.2) is 4.68 Å². The molecule has 1 rings (SSSR count). The molecule has 0 aliphatic rings. The number of amides is 1. The van der Waals surface area contributed by atoms with E-state index >= 15 is 0 Å². The predicted octanol–water partition coefficient (Wildman–Crippen LogP) is -1.19. The molecule has 0 saturated carbocycles. The van der Waals surface area contributed by atoms with Crippen LogP contribution in [-0.4, -0.2) is 40.5 Å². The van der Waals surface area contributed by atoms with E-state index < -0.39 is 0 Å². The number of rotatable bonds is 7. The molecular formula is C10H17N5O3. The number of nitrogens with one attached hydrogen (secondary N) is 1. The number of nitrogens with zero attached hydrogens (tertiary/aromatic N) is 3. The van der Waals surface area contributed by atoms with Gasteiger partial charge in [-0.3, -0.25) is 9.59 Å². The van der Waals surface area contributed by atoms with Crippen molar-refractivity contribution in [2.45, 2.75) is 25.9 Å². The number of aromatic nitrogens is 3. The lowest BCUT2D eigenvalue weighted by Gasteiger charge is -2.04. The second-order valence-corrected chi connectivity index (χ2v) is 3.64. The maximum absolute atomic E-state index is 11.5. The lowest BCUT2D eigenvalue weighted by molar-refractivity contribution is -0.140. The van der Waals surface area contributed by atoms with Crippen LogP contribution in [-0.2, 0) is 27.4 Å². The van der Waals surface area contributed by atoms with Crippen molar-refractivity contribution in [1.29, 1.82) is 0 Å². The van der Waals surface area contributed by atoms with Gasteiger partial charge in [0.05, 0.1) is 19.0 Å². The molecule has 0 atom stereocenters. The summed E-state index contributed by atoms with van der Waals surface area (Å²) in [4.78, 5) is 22.3. The SMILES string of the molecule is COC(=O)CCCNC(=O)Cn1cc(CN)nn1. The number of esters is 1. The quantitative estimate of drug-likeness (QED) is 0.468. The Hall–Kier alpha value is -1.96. The summed E-state index contributed by atoms with van der Waals surface area (Å²) in [6.07, 6.45) is 2.45. The highest BCUT2D eigenvalue weighted by Gasteiger charge is 2.05. The Morgan fingerprint density at radius 2 is 2.33 bits per heavy atom. The molecule has 0 aliphatic heterocycles. The molecule has 1 aromatic rings. The number of nitrogens with two attached hydrogens (primary N) is 1. The Morgan fingerprint density at radius 1 is 1.56 bits per heavy atom. The maximum Gasteiger partial charge on any atom is 0.305 e. The van der Waals surface area contributed by atoms with E-state index in [4.69, 9.17) is 5.73 Å². The van der Waals surface area contributed by atoms with Gasteiger partial charge in [-0.15, -0.1) is 5.10 Å². The molecule has 8 nitrogen and oxygen atoms in total. The molecule has 3 N–H and O–H groups in total. The molecule has 0 unspecified atom stereocenters. The summed E-state index contributed by atoms with van der Waals surface area (Å²) in [5, 5.41) is 10.2. The zero-order chi connectivity index (χ0) is 13.4. The van der Waals surface area contributed by atoms with Crippen LogP contribution >= 0.6 is 0 Å². The maximum atomic E-state index is 11.5. The van der Waals surface area contributed by atoms with Crippen molar-refractivity contribution < 1.29 is 14.3 Å². The summed E-state index contributed by atoms with van der Waals surface area (Å²) in [5.41, 5.74) is 6.01. The Balaban J connectivity index is 2.19. The van der Waals surface area contributed by atoms with E-state index in [0.29, 0.717) is 25.2 Å². The normalized spacial score (nSPS) is 10.1. The van der Waals surface area contributed by atoms with Crippen LogP contribution in [0.3, 0.4) is 0 Å². The van der Waals surface area contributed by atoms with E-state index in [0.717, 1.165) is 0 Å². The number of ether oxygens (including phenoxy) is 1. The van der Waals surface area contributed by atoms with Crippen molar-refractivity contribution in [3.63, 3.8) is 0 Å². The van der Waals surface area contributed by atoms with Crippen LogP contribution in [0, 0.1) is 0 Å². The number of methoxy groups -OCH3 is 1. The summed E-state index contributed by atoms with van der Waals surface area (Å²) in [6, 6.07) is 0. The van der Waals surface area contributed by atoms with Crippen molar-refractivity contribution in [1.82, 2.24) is 20.3 Å². The van der Waals surface area contributed by atoms with Crippen LogP contribution in [0.1, 0.15) is 18.5 Å². The predicted molar refractivity (Wildman–Crippen MR) is 62.2 cm³/mol. The van der Waals surface area contributed by atoms with Gasteiger partial charge in [0.1, 0.15) is 6.54 Å². The first-order valence-corrected chi connectivity index (χ1v) is 5.58. The van der Waals surface area contributed by atoms with Gasteiger partial charge < -0.3 is 15.8 Å². The van der Waals surface area contributed by atoms with Crippen LogP contribution in [0.4, 0.5) is 0 Å². The van der Waals surface area contributed by atoms with Crippen LogP contribution in [0.5, 0.6) is 0 Å². The molecule has 18 heavy (non-hydrogen) atoms. The first-order valence-electron chi connectivity index (χ1n) is 5.58. The van der Waals surface area contributed by atoms with E-state index in [1.165, 1.54) is 11.8 Å². The molecule has 0 spiro atoms. The third-order valence-electron chi connectivity index (χ3n) is 2.21. The molecule has 1 heterocycles. The van der Waals surface area contributed by atoms with Crippen molar-refractivity contribution in [3.8, 4) is 0 Å². The standard InChI is InChI=1S/C10H17N5O3/c1-18-10(17)3-2-4-12-9(16)7-15-6-8(5-11)13-14-15/h6H,2-5,7,11H2,1H3,(H,12,16). The number of carbonyl (C=O) groups is 2. The third kappa shape index (κ3) is 4.91. The molecule has 0 bridgehead atoms. The van der Waals surface area contributed by atoms with Crippen LogP contribution < -0.4 is 11.1 Å². The summed E-state index contributed by atoms with van der Waals surface area (Å²) in [5.74, 6) is -0.471. The molecule has 1 amide bonds. The lowest BCUT2D eigenvalue weighted by atomic mass is 10.3. The van der Waals surface area contributed by atoms with Gasteiger partial charge >= 0.3 is 5.97 Å². The van der Waals surface area contributed by atoms with Gasteiger partial charge in [-0.05, 0) is 6.42 Å². The molecular weight excluding hydrogens is 238 g/mol. The Bertz CT molecular complexity index is 404. The van der Waals surface area contributed by atoms with E-state index in [2.05, 4.69) is 20.4 Å². The van der Waals surface area contributed by atoms with Crippen LogP contribution in [0.25, 0.3) is 0 Å². The average Bonchev–Trinajstić information content (AvgIpc) is 2.81. The van der Waals surface area contributed by atoms with Crippen molar-refractivity contribution in [2.24, 2.45) is 5.73 Å². The molecule has 0 fully saturated rings. The van der Waals surface area contributed by atoms with Gasteiger partial charge in [0.2, 0.25) is 5.91 Å². The third-order valence-corrected chi connectivity index (χ3v) is 2.21. The minimum Gasteiger partial charge on any atom is -0.469 e. The Morgan fingerprint density at radius 3 is 2.94 bits per heavy atom. The summed E-state index contributed by atoms with van der Waals surface area (Å²) < 4.78 is 5.90. The molecule has 1 aromatic heterocycles. The zero-order valence-electron chi connectivity index (χ0n) is 10.3. The fourth-order valence-corrected chi connectivity index (χ4v) is 1.27. The van der Waals surface area contributed by atoms with E-state index in [-0.39, 0.29) is 24.8 Å². The van der Waals surface area contributed by atoms with Gasteiger partial charge in [0.15, 0.2) is 0 Å². The highest BCUT2D eigenvalue weighted by Crippen LogP contribution is 1.92. The minimum absolute atomic E-state index is 0.0885. The molecule has 0 aliphatic carbocycles. The fourth-order valence-electron chi connectivity index (χ4n) is 1.27. The van der Waals surface area contributed by atoms with Gasteiger partial charge in [-0.2, -0.15) is 0 Å². The van der Waals surface area contributed by atoms with Crippen molar-refractivity contribution >= 4 is 11.9 Å². The molecule has 0 aromatic carbocycles. The lowest BCUT2D eigenvalue weighted by Crippen LogP contribution is -2.29. The molecule has 0 radical (unpaired) electrons. The summed E-state index contributed by atoms with van der Waals surface area (Å²) >= 11 is 0. The fraction of sp³-hybridized carbons (Fsp3) is 0.600. The second-order valence-electron chi connectivity index (χ2n) is 3.64. The first kappa shape index (κ1) is 14.1. The molecule has 100 valence electrons. The van der Waals surface area contributed by atoms with Crippen molar-refractivity contribution in [3.05, 3.63) is 11.9 Å². The number of carbonyl (C=O) groups excluding carboxylic acids is 2. The van der Waals surface area contributed by atoms with Gasteiger partial charge in [-0.1, -0.05) is 5.21 Å². The monoisotopic (exact) mass is 255 g/mol. The topological polar surface area (TPSA) is 112 Å². The Labute approximate surface area is 104 Å². The second kappa shape index (κ2) is 7.38. The van der Waals surface area contributed by atoms with Crippen molar-refractivity contribution in [2.75, 3.05) is 13.7 Å². The first-order chi connectivity index (χ1) is 8.65. The zero-order valence-corrected chi connectivity index (χ0v) is 10.3. The highest BCUT2D eigenvalue weighted by molar-refractivity contribution is 5.75. The van der Waals surface area contributed by atoms with E-state index in [1.54, 1.807) is 6.20 Å². The summed E-state index contributed by atoms with van der Waals surface area (Å²) in [6.45, 7) is 0.804. The largest absolute Gasteiger partial charge is 0.469 e. The molecule has 0 saturated heterocycles. The minimum atomic E-state index is -0.284. The van der Waals surface area contributed by atoms with Crippen LogP contribution in [0.15, 0.2) is 6.20 Å². The number of hydrogen-bond donors (Lipinski definition) is 2.